The minimum absolute atomic E-state index is 0.0836. The molecule has 0 amide bonds. The highest BCUT2D eigenvalue weighted by Crippen LogP contribution is 2.17. The third-order valence-electron chi connectivity index (χ3n) is 3.63. The van der Waals surface area contributed by atoms with E-state index in [1.807, 2.05) is 34.9 Å². The first-order chi connectivity index (χ1) is 11.3. The van der Waals surface area contributed by atoms with E-state index >= 15 is 0 Å². The lowest BCUT2D eigenvalue weighted by Gasteiger charge is -2.09. The van der Waals surface area contributed by atoms with Gasteiger partial charge in [-0.15, -0.1) is 0 Å². The first-order valence-corrected chi connectivity index (χ1v) is 7.50. The van der Waals surface area contributed by atoms with Crippen LogP contribution in [0.25, 0.3) is 11.0 Å². The molecular formula is C18H17N3O2. The second-order valence-electron chi connectivity index (χ2n) is 5.17. The Morgan fingerprint density at radius 1 is 1.17 bits per heavy atom. The van der Waals surface area contributed by atoms with Crippen molar-refractivity contribution in [2.24, 2.45) is 0 Å². The number of fused-ring (bicyclic) bond motifs is 1. The molecule has 1 heterocycles. The molecule has 3 aromatic rings. The van der Waals surface area contributed by atoms with Crippen molar-refractivity contribution in [3.05, 3.63) is 59.9 Å². The van der Waals surface area contributed by atoms with Gasteiger partial charge in [0, 0.05) is 6.54 Å². The van der Waals surface area contributed by atoms with Gasteiger partial charge in [-0.25, -0.2) is 4.98 Å². The maximum atomic E-state index is 9.47. The van der Waals surface area contributed by atoms with Crippen molar-refractivity contribution in [2.75, 3.05) is 6.61 Å². The van der Waals surface area contributed by atoms with E-state index in [4.69, 9.17) is 10.00 Å². The van der Waals surface area contributed by atoms with Gasteiger partial charge >= 0.3 is 0 Å². The number of hydrogen-bond donors (Lipinski definition) is 1. The monoisotopic (exact) mass is 307 g/mol. The van der Waals surface area contributed by atoms with E-state index in [2.05, 4.69) is 11.1 Å². The summed E-state index contributed by atoms with van der Waals surface area (Å²) in [6.45, 7) is 1.17. The number of benzene rings is 2. The van der Waals surface area contributed by atoms with E-state index < -0.39 is 0 Å². The van der Waals surface area contributed by atoms with Crippen molar-refractivity contribution < 1.29 is 9.84 Å². The van der Waals surface area contributed by atoms with Gasteiger partial charge in [0.1, 0.15) is 18.2 Å². The Balaban J connectivity index is 1.64. The van der Waals surface area contributed by atoms with Crippen LogP contribution in [0.15, 0.2) is 48.5 Å². The molecule has 1 N–H and O–H groups in total. The number of aromatic nitrogens is 2. The van der Waals surface area contributed by atoms with Gasteiger partial charge in [-0.05, 0) is 36.8 Å². The number of nitriles is 1. The Morgan fingerprint density at radius 2 is 2.04 bits per heavy atom. The zero-order valence-electron chi connectivity index (χ0n) is 12.6. The minimum atomic E-state index is -0.0836. The van der Waals surface area contributed by atoms with Crippen LogP contribution in [0.2, 0.25) is 0 Å². The molecule has 0 spiro atoms. The van der Waals surface area contributed by atoms with Crippen molar-refractivity contribution >= 4 is 11.0 Å². The first-order valence-electron chi connectivity index (χ1n) is 7.50. The van der Waals surface area contributed by atoms with Crippen LogP contribution >= 0.6 is 0 Å². The molecule has 0 saturated heterocycles. The molecule has 0 unspecified atom stereocenters. The molecule has 5 nitrogen and oxygen atoms in total. The molecule has 0 saturated carbocycles. The quantitative estimate of drug-likeness (QED) is 0.711. The number of aryl methyl sites for hydroxylation is 1. The average Bonchev–Trinajstić information content (AvgIpc) is 2.97. The maximum Gasteiger partial charge on any atom is 0.135 e. The molecule has 0 aliphatic heterocycles. The predicted molar refractivity (Wildman–Crippen MR) is 86.9 cm³/mol. The predicted octanol–water partition coefficient (Wildman–Crippen LogP) is 2.87. The molecule has 1 aromatic heterocycles. The number of aliphatic hydroxyl groups excluding tert-OH is 1. The summed E-state index contributed by atoms with van der Waals surface area (Å²) in [7, 11) is 0. The van der Waals surface area contributed by atoms with E-state index in [1.165, 1.54) is 0 Å². The SMILES string of the molecule is N#Cc1cccc(OCCCn2c(CO)nc3ccccc32)c1. The molecule has 5 heteroatoms. The van der Waals surface area contributed by atoms with Crippen LogP contribution in [0.1, 0.15) is 17.8 Å². The van der Waals surface area contributed by atoms with Crippen molar-refractivity contribution in [1.29, 1.82) is 5.26 Å². The van der Waals surface area contributed by atoms with Gasteiger partial charge in [-0.1, -0.05) is 18.2 Å². The number of imidazole rings is 1. The molecule has 0 radical (unpaired) electrons. The summed E-state index contributed by atoms with van der Waals surface area (Å²) in [4.78, 5) is 4.43. The number of aliphatic hydroxyl groups is 1. The summed E-state index contributed by atoms with van der Waals surface area (Å²) >= 11 is 0. The van der Waals surface area contributed by atoms with Gasteiger partial charge in [0.15, 0.2) is 0 Å². The molecule has 0 aliphatic rings. The zero-order valence-corrected chi connectivity index (χ0v) is 12.6. The maximum absolute atomic E-state index is 9.47. The molecule has 3 rings (SSSR count). The molecule has 0 aliphatic carbocycles. The van der Waals surface area contributed by atoms with Crippen LogP contribution in [0.5, 0.6) is 5.75 Å². The normalized spacial score (nSPS) is 10.6. The Kier molecular flexibility index (Phi) is 4.55. The van der Waals surface area contributed by atoms with Crippen LogP contribution in [0.3, 0.4) is 0 Å². The van der Waals surface area contributed by atoms with Crippen LogP contribution in [0.4, 0.5) is 0 Å². The number of rotatable bonds is 6. The van der Waals surface area contributed by atoms with E-state index in [0.29, 0.717) is 30.3 Å². The van der Waals surface area contributed by atoms with Crippen molar-refractivity contribution in [1.82, 2.24) is 9.55 Å². The zero-order chi connectivity index (χ0) is 16.1. The molecule has 0 fully saturated rings. The standard InChI is InChI=1S/C18H17N3O2/c19-12-14-5-3-6-15(11-14)23-10-4-9-21-17-8-2-1-7-16(17)20-18(21)13-22/h1-3,5-8,11,22H,4,9-10,13H2. The molecular weight excluding hydrogens is 290 g/mol. The third kappa shape index (κ3) is 3.33. The van der Waals surface area contributed by atoms with E-state index in [-0.39, 0.29) is 6.61 Å². The molecule has 2 aromatic carbocycles. The number of hydrogen-bond acceptors (Lipinski definition) is 4. The smallest absolute Gasteiger partial charge is 0.135 e. The summed E-state index contributed by atoms with van der Waals surface area (Å²) in [5.41, 5.74) is 2.49. The molecule has 23 heavy (non-hydrogen) atoms. The Morgan fingerprint density at radius 3 is 2.87 bits per heavy atom. The molecule has 116 valence electrons. The Bertz CT molecular complexity index is 849. The fourth-order valence-corrected chi connectivity index (χ4v) is 2.56. The van der Waals surface area contributed by atoms with Crippen molar-refractivity contribution in [2.45, 2.75) is 19.6 Å². The summed E-state index contributed by atoms with van der Waals surface area (Å²) < 4.78 is 7.70. The summed E-state index contributed by atoms with van der Waals surface area (Å²) in [5, 5.41) is 18.3. The number of para-hydroxylation sites is 2. The van der Waals surface area contributed by atoms with Gasteiger partial charge in [0.2, 0.25) is 0 Å². The highest BCUT2D eigenvalue weighted by atomic mass is 16.5. The van der Waals surface area contributed by atoms with E-state index in [1.54, 1.807) is 18.2 Å². The van der Waals surface area contributed by atoms with E-state index in [9.17, 15) is 5.11 Å². The van der Waals surface area contributed by atoms with Crippen molar-refractivity contribution in [3.8, 4) is 11.8 Å². The van der Waals surface area contributed by atoms with Crippen molar-refractivity contribution in [3.63, 3.8) is 0 Å². The highest BCUT2D eigenvalue weighted by molar-refractivity contribution is 5.75. The van der Waals surface area contributed by atoms with Gasteiger partial charge in [-0.3, -0.25) is 0 Å². The third-order valence-corrected chi connectivity index (χ3v) is 3.63. The largest absolute Gasteiger partial charge is 0.493 e. The second-order valence-corrected chi connectivity index (χ2v) is 5.17. The van der Waals surface area contributed by atoms with Gasteiger partial charge < -0.3 is 14.4 Å². The van der Waals surface area contributed by atoms with Crippen LogP contribution in [-0.2, 0) is 13.2 Å². The summed E-state index contributed by atoms with van der Waals surface area (Å²) in [6, 6.07) is 17.1. The second kappa shape index (κ2) is 6.95. The van der Waals surface area contributed by atoms with Gasteiger partial charge in [-0.2, -0.15) is 5.26 Å². The van der Waals surface area contributed by atoms with Crippen LogP contribution < -0.4 is 4.74 Å². The van der Waals surface area contributed by atoms with Gasteiger partial charge in [0.05, 0.1) is 29.3 Å². The fraction of sp³-hybridized carbons (Fsp3) is 0.222. The topological polar surface area (TPSA) is 71.1 Å². The molecule has 0 bridgehead atoms. The lowest BCUT2D eigenvalue weighted by Crippen LogP contribution is -2.08. The first kappa shape index (κ1) is 15.1. The number of nitrogens with zero attached hydrogens (tertiary/aromatic N) is 3. The Hall–Kier alpha value is -2.84. The van der Waals surface area contributed by atoms with Crippen LogP contribution in [-0.4, -0.2) is 21.3 Å². The average molecular weight is 307 g/mol. The highest BCUT2D eigenvalue weighted by Gasteiger charge is 2.09. The fourth-order valence-electron chi connectivity index (χ4n) is 2.56. The van der Waals surface area contributed by atoms with Crippen LogP contribution in [0, 0.1) is 11.3 Å². The molecule has 0 atom stereocenters. The van der Waals surface area contributed by atoms with Gasteiger partial charge in [0.25, 0.3) is 0 Å². The van der Waals surface area contributed by atoms with E-state index in [0.717, 1.165) is 17.5 Å². The Labute approximate surface area is 134 Å². The lowest BCUT2D eigenvalue weighted by molar-refractivity contribution is 0.261. The summed E-state index contributed by atoms with van der Waals surface area (Å²) in [6.07, 6.45) is 0.782. The lowest BCUT2D eigenvalue weighted by atomic mass is 10.2. The summed E-state index contributed by atoms with van der Waals surface area (Å²) in [5.74, 6) is 1.36. The number of ether oxygens (including phenoxy) is 1. The minimum Gasteiger partial charge on any atom is -0.493 e.